The summed E-state index contributed by atoms with van der Waals surface area (Å²) >= 11 is 3.46. The fraction of sp³-hybridized carbons (Fsp3) is 0.769. The van der Waals surface area contributed by atoms with E-state index < -0.39 is 34.9 Å². The van der Waals surface area contributed by atoms with E-state index in [2.05, 4.69) is 12.6 Å². The summed E-state index contributed by atoms with van der Waals surface area (Å²) in [6.07, 6.45) is -1.69. The van der Waals surface area contributed by atoms with Crippen LogP contribution in [0.3, 0.4) is 0 Å². The minimum atomic E-state index is -1.36. The van der Waals surface area contributed by atoms with E-state index in [-0.39, 0.29) is 6.10 Å². The Balaban J connectivity index is 4.92. The van der Waals surface area contributed by atoms with E-state index in [1.165, 1.54) is 6.92 Å². The number of hydrogen-bond acceptors (Lipinski definition) is 6. The molecular formula is C13H22O6S. The third-order valence-corrected chi connectivity index (χ3v) is 2.29. The molecule has 0 aromatic heterocycles. The van der Waals surface area contributed by atoms with Crippen LogP contribution in [-0.4, -0.2) is 29.6 Å². The Kier molecular flexibility index (Phi) is 7.05. The van der Waals surface area contributed by atoms with Gasteiger partial charge in [-0.25, -0.2) is 4.79 Å². The zero-order chi connectivity index (χ0) is 16.1. The van der Waals surface area contributed by atoms with Gasteiger partial charge in [0.25, 0.3) is 6.29 Å². The van der Waals surface area contributed by atoms with Gasteiger partial charge in [0.05, 0.1) is 11.5 Å². The molecule has 7 heteroatoms. The molecule has 0 spiro atoms. The molecule has 0 heterocycles. The van der Waals surface area contributed by atoms with Crippen molar-refractivity contribution in [1.82, 2.24) is 0 Å². The average molecular weight is 306 g/mol. The van der Waals surface area contributed by atoms with E-state index >= 15 is 0 Å². The molecule has 0 rings (SSSR count). The molecule has 0 amide bonds. The largest absolute Gasteiger partial charge is 0.463 e. The first-order valence-electron chi connectivity index (χ1n) is 6.26. The van der Waals surface area contributed by atoms with E-state index in [0.717, 1.165) is 0 Å². The summed E-state index contributed by atoms with van der Waals surface area (Å²) in [6, 6.07) is 0. The lowest BCUT2D eigenvalue weighted by Crippen LogP contribution is -2.38. The molecule has 2 atom stereocenters. The van der Waals surface area contributed by atoms with Crippen LogP contribution in [0.4, 0.5) is 4.79 Å². The highest BCUT2D eigenvalue weighted by Gasteiger charge is 2.35. The second kappa shape index (κ2) is 7.52. The zero-order valence-electron chi connectivity index (χ0n) is 12.6. The van der Waals surface area contributed by atoms with E-state index in [1.54, 1.807) is 34.6 Å². The quantitative estimate of drug-likeness (QED) is 0.478. The summed E-state index contributed by atoms with van der Waals surface area (Å²) in [6.45, 7) is 9.75. The molecule has 0 radical (unpaired) electrons. The molecule has 2 unspecified atom stereocenters. The second-order valence-electron chi connectivity index (χ2n) is 5.68. The van der Waals surface area contributed by atoms with Gasteiger partial charge >= 0.3 is 17.2 Å². The van der Waals surface area contributed by atoms with Crippen molar-refractivity contribution in [2.24, 2.45) is 11.3 Å². The van der Waals surface area contributed by atoms with Gasteiger partial charge in [0.2, 0.25) is 0 Å². The third kappa shape index (κ3) is 6.79. The van der Waals surface area contributed by atoms with Crippen molar-refractivity contribution < 1.29 is 28.6 Å². The minimum absolute atomic E-state index is 0.323. The smallest absolute Gasteiger partial charge is 0.367 e. The van der Waals surface area contributed by atoms with Crippen molar-refractivity contribution in [3.05, 3.63) is 0 Å². The van der Waals surface area contributed by atoms with Crippen LogP contribution in [0.25, 0.3) is 0 Å². The van der Waals surface area contributed by atoms with Crippen molar-refractivity contribution in [3.8, 4) is 0 Å². The molecule has 0 saturated heterocycles. The molecule has 0 aliphatic heterocycles. The number of rotatable bonds is 5. The normalized spacial score (nSPS) is 14.4. The summed E-state index contributed by atoms with van der Waals surface area (Å²) in [7, 11) is 0. The second-order valence-corrected chi connectivity index (χ2v) is 6.05. The van der Waals surface area contributed by atoms with Gasteiger partial charge < -0.3 is 14.2 Å². The zero-order valence-corrected chi connectivity index (χ0v) is 13.5. The first-order valence-corrected chi connectivity index (χ1v) is 6.71. The van der Waals surface area contributed by atoms with Gasteiger partial charge in [0.15, 0.2) is 0 Å². The molecule has 0 bridgehead atoms. The highest BCUT2D eigenvalue weighted by atomic mass is 32.1. The van der Waals surface area contributed by atoms with E-state index in [9.17, 15) is 14.4 Å². The molecule has 0 N–H and O–H groups in total. The van der Waals surface area contributed by atoms with Crippen LogP contribution in [0, 0.1) is 11.3 Å². The molecule has 0 aliphatic rings. The van der Waals surface area contributed by atoms with Crippen LogP contribution in [0.5, 0.6) is 0 Å². The maximum Gasteiger partial charge on any atom is 0.367 e. The number of thiol groups is 1. The predicted octanol–water partition coefficient (Wildman–Crippen LogP) is 2.56. The standard InChI is InChI=1S/C13H22O6S/c1-7(2)17-9(14)8(3)10(19-12(16)20)18-11(15)13(4,5)6/h7-8,10H,1-6H3,(H,16,20). The van der Waals surface area contributed by atoms with Gasteiger partial charge in [-0.3, -0.25) is 9.59 Å². The predicted molar refractivity (Wildman–Crippen MR) is 75.2 cm³/mol. The molecule has 0 aromatic carbocycles. The Morgan fingerprint density at radius 3 is 1.80 bits per heavy atom. The SMILES string of the molecule is CC(C)OC(=O)C(C)C(OC(=O)S)OC(=O)C(C)(C)C. The Bertz CT molecular complexity index is 372. The average Bonchev–Trinajstić information content (AvgIpc) is 2.24. The number of esters is 2. The van der Waals surface area contributed by atoms with E-state index in [4.69, 9.17) is 14.2 Å². The number of carbonyl (C=O) groups is 3. The van der Waals surface area contributed by atoms with Crippen LogP contribution >= 0.6 is 12.6 Å². The summed E-state index contributed by atoms with van der Waals surface area (Å²) in [4.78, 5) is 34.5. The number of ether oxygens (including phenoxy) is 3. The van der Waals surface area contributed by atoms with Crippen molar-refractivity contribution in [2.75, 3.05) is 0 Å². The maximum atomic E-state index is 11.8. The molecule has 20 heavy (non-hydrogen) atoms. The molecule has 6 nitrogen and oxygen atoms in total. The fourth-order valence-corrected chi connectivity index (χ4v) is 1.16. The summed E-state index contributed by atoms with van der Waals surface area (Å²) in [5.41, 5.74) is -0.789. The first-order chi connectivity index (χ1) is 8.95. The molecule has 0 fully saturated rings. The first kappa shape index (κ1) is 18.8. The van der Waals surface area contributed by atoms with Crippen LogP contribution < -0.4 is 0 Å². The van der Waals surface area contributed by atoms with Gasteiger partial charge in [-0.05, 0) is 41.5 Å². The van der Waals surface area contributed by atoms with Gasteiger partial charge in [0, 0.05) is 0 Å². The summed E-state index contributed by atoms with van der Waals surface area (Å²) in [5.74, 6) is -2.16. The van der Waals surface area contributed by atoms with Crippen molar-refractivity contribution >= 4 is 29.9 Å². The lowest BCUT2D eigenvalue weighted by atomic mass is 9.97. The van der Waals surface area contributed by atoms with E-state index in [0.29, 0.717) is 0 Å². The molecular weight excluding hydrogens is 284 g/mol. The lowest BCUT2D eigenvalue weighted by molar-refractivity contribution is -0.191. The Morgan fingerprint density at radius 1 is 0.950 bits per heavy atom. The molecule has 0 aliphatic carbocycles. The van der Waals surface area contributed by atoms with Gasteiger partial charge in [0.1, 0.15) is 5.92 Å². The van der Waals surface area contributed by atoms with Crippen LogP contribution in [0.1, 0.15) is 41.5 Å². The van der Waals surface area contributed by atoms with E-state index in [1.807, 2.05) is 0 Å². The Labute approximate surface area is 124 Å². The van der Waals surface area contributed by atoms with Gasteiger partial charge in [-0.2, -0.15) is 0 Å². The Morgan fingerprint density at radius 2 is 1.45 bits per heavy atom. The monoisotopic (exact) mass is 306 g/mol. The molecule has 116 valence electrons. The van der Waals surface area contributed by atoms with Gasteiger partial charge in [-0.15, -0.1) is 0 Å². The van der Waals surface area contributed by atoms with Crippen LogP contribution in [0.2, 0.25) is 0 Å². The van der Waals surface area contributed by atoms with Gasteiger partial charge in [-0.1, -0.05) is 12.6 Å². The fourth-order valence-electron chi connectivity index (χ4n) is 1.06. The Hall–Kier alpha value is -1.24. The summed E-state index contributed by atoms with van der Waals surface area (Å²) in [5, 5.41) is -0.944. The van der Waals surface area contributed by atoms with Crippen LogP contribution in [0.15, 0.2) is 0 Å². The molecule has 0 aromatic rings. The highest BCUT2D eigenvalue weighted by Crippen LogP contribution is 2.21. The third-order valence-electron chi connectivity index (χ3n) is 2.18. The van der Waals surface area contributed by atoms with Crippen LogP contribution in [-0.2, 0) is 23.8 Å². The van der Waals surface area contributed by atoms with Crippen molar-refractivity contribution in [3.63, 3.8) is 0 Å². The number of hydrogen-bond donors (Lipinski definition) is 1. The number of carbonyl (C=O) groups excluding carboxylic acids is 3. The topological polar surface area (TPSA) is 78.9 Å². The van der Waals surface area contributed by atoms with Crippen molar-refractivity contribution in [1.29, 1.82) is 0 Å². The lowest BCUT2D eigenvalue weighted by Gasteiger charge is -2.26. The van der Waals surface area contributed by atoms with Crippen molar-refractivity contribution in [2.45, 2.75) is 53.9 Å². The maximum absolute atomic E-state index is 11.8. The highest BCUT2D eigenvalue weighted by molar-refractivity contribution is 7.96. The summed E-state index contributed by atoms with van der Waals surface area (Å²) < 4.78 is 14.8. The minimum Gasteiger partial charge on any atom is -0.463 e. The molecule has 0 saturated carbocycles.